The molecule has 0 aliphatic heterocycles. The number of carbonyl (C=O) groups excluding carboxylic acids is 1. The molecule has 0 unspecified atom stereocenters. The minimum Gasteiger partial charge on any atom is -0.351 e. The van der Waals surface area contributed by atoms with Crippen LogP contribution in [0, 0.1) is 13.8 Å². The second-order valence-electron chi connectivity index (χ2n) is 5.55. The molecule has 2 aromatic rings. The van der Waals surface area contributed by atoms with Crippen LogP contribution in [0.3, 0.4) is 0 Å². The first-order valence-corrected chi connectivity index (χ1v) is 7.59. The minimum absolute atomic E-state index is 0.269. The van der Waals surface area contributed by atoms with E-state index in [4.69, 9.17) is 11.6 Å². The summed E-state index contributed by atoms with van der Waals surface area (Å²) in [6, 6.07) is 7.50. The van der Waals surface area contributed by atoms with Gasteiger partial charge >= 0.3 is 0 Å². The fourth-order valence-corrected chi connectivity index (χ4v) is 2.25. The van der Waals surface area contributed by atoms with E-state index in [9.17, 15) is 4.79 Å². The first-order chi connectivity index (χ1) is 10.5. The summed E-state index contributed by atoms with van der Waals surface area (Å²) < 4.78 is 0. The Morgan fingerprint density at radius 3 is 2.73 bits per heavy atom. The number of hydrogen-bond donors (Lipinski definition) is 2. The van der Waals surface area contributed by atoms with Crippen molar-refractivity contribution in [3.8, 4) is 0 Å². The maximum Gasteiger partial charge on any atom is 0.274 e. The van der Waals surface area contributed by atoms with Gasteiger partial charge in [-0.1, -0.05) is 17.7 Å². The van der Waals surface area contributed by atoms with Gasteiger partial charge in [-0.3, -0.25) is 4.79 Å². The van der Waals surface area contributed by atoms with Gasteiger partial charge in [0.1, 0.15) is 5.69 Å². The molecule has 0 atom stereocenters. The highest BCUT2D eigenvalue weighted by Gasteiger charge is 2.22. The van der Waals surface area contributed by atoms with E-state index in [1.54, 1.807) is 18.2 Å². The summed E-state index contributed by atoms with van der Waals surface area (Å²) in [4.78, 5) is 21.0. The van der Waals surface area contributed by atoms with Crippen molar-refractivity contribution < 1.29 is 4.79 Å². The van der Waals surface area contributed by atoms with E-state index in [0.717, 1.165) is 24.1 Å². The molecule has 0 spiro atoms. The lowest BCUT2D eigenvalue weighted by molar-refractivity contribution is 0.102. The third-order valence-corrected chi connectivity index (χ3v) is 3.68. The Morgan fingerprint density at radius 2 is 2.00 bits per heavy atom. The highest BCUT2D eigenvalue weighted by molar-refractivity contribution is 6.31. The Bertz CT molecular complexity index is 728. The molecule has 0 bridgehead atoms. The zero-order valence-corrected chi connectivity index (χ0v) is 13.2. The van der Waals surface area contributed by atoms with E-state index in [1.165, 1.54) is 0 Å². The highest BCUT2D eigenvalue weighted by atomic mass is 35.5. The average molecular weight is 317 g/mol. The summed E-state index contributed by atoms with van der Waals surface area (Å²) in [5.74, 6) is 0.241. The molecule has 1 saturated carbocycles. The SMILES string of the molecule is Cc1cc(C(=O)Nc2cc(Cl)ccc2C)nc(NC2CC2)n1. The molecule has 1 aliphatic carbocycles. The number of amides is 1. The van der Waals surface area contributed by atoms with Crippen molar-refractivity contribution >= 4 is 29.1 Å². The lowest BCUT2D eigenvalue weighted by Gasteiger charge is -2.10. The van der Waals surface area contributed by atoms with Gasteiger partial charge in [-0.05, 0) is 50.5 Å². The van der Waals surface area contributed by atoms with Crippen molar-refractivity contribution in [1.29, 1.82) is 0 Å². The van der Waals surface area contributed by atoms with Gasteiger partial charge in [-0.25, -0.2) is 9.97 Å². The maximum atomic E-state index is 12.4. The molecular weight excluding hydrogens is 300 g/mol. The second-order valence-corrected chi connectivity index (χ2v) is 5.99. The molecule has 1 aliphatic rings. The largest absolute Gasteiger partial charge is 0.351 e. The number of benzene rings is 1. The quantitative estimate of drug-likeness (QED) is 0.905. The van der Waals surface area contributed by atoms with Crippen molar-refractivity contribution in [2.24, 2.45) is 0 Å². The Hall–Kier alpha value is -2.14. The lowest BCUT2D eigenvalue weighted by atomic mass is 10.2. The zero-order chi connectivity index (χ0) is 15.7. The van der Waals surface area contributed by atoms with Gasteiger partial charge in [0.05, 0.1) is 0 Å². The van der Waals surface area contributed by atoms with Crippen LogP contribution in [0.5, 0.6) is 0 Å². The Kier molecular flexibility index (Phi) is 3.98. The molecule has 1 aromatic heterocycles. The fourth-order valence-electron chi connectivity index (χ4n) is 2.07. The molecular formula is C16H17ClN4O. The van der Waals surface area contributed by atoms with Gasteiger partial charge in [-0.2, -0.15) is 0 Å². The predicted octanol–water partition coefficient (Wildman–Crippen LogP) is 3.57. The number of carbonyl (C=O) groups is 1. The lowest BCUT2D eigenvalue weighted by Crippen LogP contribution is -2.17. The molecule has 1 aromatic carbocycles. The van der Waals surface area contributed by atoms with Crippen molar-refractivity contribution in [2.45, 2.75) is 32.7 Å². The van der Waals surface area contributed by atoms with Crippen molar-refractivity contribution in [1.82, 2.24) is 9.97 Å². The monoisotopic (exact) mass is 316 g/mol. The van der Waals surface area contributed by atoms with Crippen LogP contribution in [0.2, 0.25) is 5.02 Å². The summed E-state index contributed by atoms with van der Waals surface area (Å²) in [5.41, 5.74) is 2.73. The summed E-state index contributed by atoms with van der Waals surface area (Å²) in [6.45, 7) is 3.76. The number of rotatable bonds is 4. The second kappa shape index (κ2) is 5.93. The fraction of sp³-hybridized carbons (Fsp3) is 0.312. The van der Waals surface area contributed by atoms with E-state index in [1.807, 2.05) is 19.9 Å². The van der Waals surface area contributed by atoms with Crippen LogP contribution in [-0.4, -0.2) is 21.9 Å². The molecule has 0 saturated heterocycles. The number of aryl methyl sites for hydroxylation is 2. The maximum absolute atomic E-state index is 12.4. The van der Waals surface area contributed by atoms with Gasteiger partial charge in [0.25, 0.3) is 5.91 Å². The van der Waals surface area contributed by atoms with E-state index in [-0.39, 0.29) is 5.91 Å². The van der Waals surface area contributed by atoms with Crippen molar-refractivity contribution in [3.63, 3.8) is 0 Å². The summed E-state index contributed by atoms with van der Waals surface area (Å²) in [6.07, 6.45) is 2.25. The number of nitrogens with zero attached hydrogens (tertiary/aromatic N) is 2. The van der Waals surface area contributed by atoms with Crippen LogP contribution in [0.4, 0.5) is 11.6 Å². The van der Waals surface area contributed by atoms with Gasteiger partial charge in [0.2, 0.25) is 5.95 Å². The first-order valence-electron chi connectivity index (χ1n) is 7.21. The zero-order valence-electron chi connectivity index (χ0n) is 12.5. The van der Waals surface area contributed by atoms with Crippen LogP contribution >= 0.6 is 11.6 Å². The van der Waals surface area contributed by atoms with Crippen LogP contribution in [0.1, 0.15) is 34.6 Å². The molecule has 3 rings (SSSR count). The number of halogens is 1. The third-order valence-electron chi connectivity index (χ3n) is 3.45. The molecule has 5 nitrogen and oxygen atoms in total. The van der Waals surface area contributed by atoms with Crippen LogP contribution in [-0.2, 0) is 0 Å². The van der Waals surface area contributed by atoms with Gasteiger partial charge in [0.15, 0.2) is 0 Å². The van der Waals surface area contributed by atoms with Gasteiger partial charge in [-0.15, -0.1) is 0 Å². The van der Waals surface area contributed by atoms with Crippen molar-refractivity contribution in [3.05, 3.63) is 46.2 Å². The number of hydrogen-bond acceptors (Lipinski definition) is 4. The van der Waals surface area contributed by atoms with Gasteiger partial charge in [0, 0.05) is 22.4 Å². The molecule has 0 radical (unpaired) electrons. The van der Waals surface area contributed by atoms with Crippen LogP contribution in [0.25, 0.3) is 0 Å². The predicted molar refractivity (Wildman–Crippen MR) is 87.6 cm³/mol. The van der Waals surface area contributed by atoms with Crippen LogP contribution in [0.15, 0.2) is 24.3 Å². The smallest absolute Gasteiger partial charge is 0.274 e. The van der Waals surface area contributed by atoms with Gasteiger partial charge < -0.3 is 10.6 Å². The van der Waals surface area contributed by atoms with E-state index >= 15 is 0 Å². The topological polar surface area (TPSA) is 66.9 Å². The highest BCUT2D eigenvalue weighted by Crippen LogP contribution is 2.24. The molecule has 114 valence electrons. The normalized spacial score (nSPS) is 13.8. The molecule has 6 heteroatoms. The third kappa shape index (κ3) is 3.54. The molecule has 1 amide bonds. The molecule has 22 heavy (non-hydrogen) atoms. The average Bonchev–Trinajstić information content (AvgIpc) is 3.26. The minimum atomic E-state index is -0.269. The van der Waals surface area contributed by atoms with Crippen LogP contribution < -0.4 is 10.6 Å². The summed E-state index contributed by atoms with van der Waals surface area (Å²) in [5, 5.41) is 6.64. The Labute approximate surface area is 134 Å². The van der Waals surface area contributed by atoms with E-state index < -0.39 is 0 Å². The first kappa shape index (κ1) is 14.8. The Morgan fingerprint density at radius 1 is 1.23 bits per heavy atom. The number of anilines is 2. The number of nitrogens with one attached hydrogen (secondary N) is 2. The van der Waals surface area contributed by atoms with Crippen molar-refractivity contribution in [2.75, 3.05) is 10.6 Å². The summed E-state index contributed by atoms with van der Waals surface area (Å²) in [7, 11) is 0. The molecule has 1 heterocycles. The summed E-state index contributed by atoms with van der Waals surface area (Å²) >= 11 is 5.97. The van der Waals surface area contributed by atoms with E-state index in [0.29, 0.717) is 28.4 Å². The Balaban J connectivity index is 1.81. The standard InChI is InChI=1S/C16H17ClN4O/c1-9-3-4-11(17)8-13(9)20-15(22)14-7-10(2)18-16(21-14)19-12-5-6-12/h3-4,7-8,12H,5-6H2,1-2H3,(H,20,22)(H,18,19,21). The number of aromatic nitrogens is 2. The van der Waals surface area contributed by atoms with E-state index in [2.05, 4.69) is 20.6 Å². The molecule has 2 N–H and O–H groups in total. The molecule has 1 fully saturated rings.